The fourth-order valence-electron chi connectivity index (χ4n) is 1.62. The number of hydrogen-bond acceptors (Lipinski definition) is 2. The molecule has 1 atom stereocenters. The van der Waals surface area contributed by atoms with Crippen molar-refractivity contribution in [2.45, 2.75) is 19.1 Å². The Balaban J connectivity index is 2.04. The third kappa shape index (κ3) is 1.88. The molecule has 1 aliphatic heterocycles. The van der Waals surface area contributed by atoms with Gasteiger partial charge in [-0.3, -0.25) is 4.90 Å². The normalized spacial score (nSPS) is 20.5. The number of aromatic nitrogens is 1. The Labute approximate surface area is 87.7 Å². The largest absolute Gasteiger partial charge is 0.291 e. The molecule has 1 aromatic rings. The fourth-order valence-corrected chi connectivity index (χ4v) is 1.73. The van der Waals surface area contributed by atoms with E-state index in [1.54, 1.807) is 12.3 Å². The van der Waals surface area contributed by atoms with Crippen LogP contribution in [0.15, 0.2) is 18.3 Å². The van der Waals surface area contributed by atoms with Crippen molar-refractivity contribution in [2.75, 3.05) is 13.1 Å². The van der Waals surface area contributed by atoms with Crippen molar-refractivity contribution in [3.63, 3.8) is 0 Å². The monoisotopic (exact) mass is 214 g/mol. The zero-order valence-electron chi connectivity index (χ0n) is 7.95. The molecule has 4 heteroatoms. The van der Waals surface area contributed by atoms with Gasteiger partial charge in [0.05, 0.1) is 0 Å². The van der Waals surface area contributed by atoms with Crippen molar-refractivity contribution in [3.8, 4) is 0 Å². The van der Waals surface area contributed by atoms with Crippen LogP contribution in [-0.2, 0) is 0 Å². The van der Waals surface area contributed by atoms with Crippen molar-refractivity contribution in [3.05, 3.63) is 29.0 Å². The molecule has 0 saturated carbocycles. The maximum Gasteiger partial charge on any atom is 0.129 e. The van der Waals surface area contributed by atoms with Crippen LogP contribution in [-0.4, -0.2) is 29.1 Å². The molecular formula is C10H12ClFN2. The lowest BCUT2D eigenvalue weighted by Crippen LogP contribution is -2.49. The van der Waals surface area contributed by atoms with Crippen molar-refractivity contribution in [1.82, 2.24) is 9.88 Å². The van der Waals surface area contributed by atoms with Gasteiger partial charge in [0, 0.05) is 25.3 Å². The van der Waals surface area contributed by atoms with Crippen LogP contribution in [0.1, 0.15) is 18.5 Å². The standard InChI is InChI=1S/C10H12ClFN2/c1-7(14-5-9(12)6-14)8-2-3-10(11)13-4-8/h2-4,7,9H,5-6H2,1H3. The average Bonchev–Trinajstić information content (AvgIpc) is 2.13. The van der Waals surface area contributed by atoms with Crippen LogP contribution in [0.2, 0.25) is 5.15 Å². The highest BCUT2D eigenvalue weighted by Gasteiger charge is 2.30. The second-order valence-corrected chi connectivity index (χ2v) is 4.03. The Morgan fingerprint density at radius 3 is 2.79 bits per heavy atom. The van der Waals surface area contributed by atoms with Gasteiger partial charge in [0.2, 0.25) is 0 Å². The van der Waals surface area contributed by atoms with Crippen LogP contribution in [0.3, 0.4) is 0 Å². The molecule has 76 valence electrons. The Hall–Kier alpha value is -0.670. The van der Waals surface area contributed by atoms with Gasteiger partial charge in [0.15, 0.2) is 0 Å². The zero-order valence-corrected chi connectivity index (χ0v) is 8.71. The predicted molar refractivity (Wildman–Crippen MR) is 54.1 cm³/mol. The Morgan fingerprint density at radius 2 is 2.29 bits per heavy atom. The van der Waals surface area contributed by atoms with Gasteiger partial charge in [-0.1, -0.05) is 17.7 Å². The van der Waals surface area contributed by atoms with Gasteiger partial charge >= 0.3 is 0 Å². The molecule has 1 unspecified atom stereocenters. The van der Waals surface area contributed by atoms with E-state index in [0.29, 0.717) is 18.2 Å². The number of likely N-dealkylation sites (tertiary alicyclic amines) is 1. The molecule has 2 heterocycles. The summed E-state index contributed by atoms with van der Waals surface area (Å²) in [6.07, 6.45) is 1.09. The average molecular weight is 215 g/mol. The van der Waals surface area contributed by atoms with E-state index in [1.165, 1.54) is 0 Å². The Bertz CT molecular complexity index is 308. The summed E-state index contributed by atoms with van der Waals surface area (Å²) in [5, 5.41) is 0.493. The third-order valence-corrected chi connectivity index (χ3v) is 2.87. The Morgan fingerprint density at radius 1 is 1.57 bits per heavy atom. The molecule has 0 aliphatic carbocycles. The van der Waals surface area contributed by atoms with Gasteiger partial charge in [0.1, 0.15) is 11.3 Å². The van der Waals surface area contributed by atoms with Crippen molar-refractivity contribution in [1.29, 1.82) is 0 Å². The van der Waals surface area contributed by atoms with E-state index in [0.717, 1.165) is 5.56 Å². The molecule has 0 bridgehead atoms. The molecule has 0 radical (unpaired) electrons. The summed E-state index contributed by atoms with van der Waals surface area (Å²) in [4.78, 5) is 6.08. The van der Waals surface area contributed by atoms with Crippen molar-refractivity contribution >= 4 is 11.6 Å². The minimum Gasteiger partial charge on any atom is -0.291 e. The molecule has 1 aliphatic rings. The predicted octanol–water partition coefficient (Wildman–Crippen LogP) is 2.45. The molecule has 1 aromatic heterocycles. The number of alkyl halides is 1. The Kier molecular flexibility index (Phi) is 2.70. The first-order valence-electron chi connectivity index (χ1n) is 4.66. The minimum absolute atomic E-state index is 0.228. The highest BCUT2D eigenvalue weighted by Crippen LogP contribution is 2.26. The maximum absolute atomic E-state index is 12.6. The number of rotatable bonds is 2. The van der Waals surface area contributed by atoms with Gasteiger partial charge in [0.25, 0.3) is 0 Å². The fraction of sp³-hybridized carbons (Fsp3) is 0.500. The number of halogens is 2. The van der Waals surface area contributed by atoms with Crippen molar-refractivity contribution in [2.24, 2.45) is 0 Å². The first-order chi connectivity index (χ1) is 6.66. The highest BCUT2D eigenvalue weighted by atomic mass is 35.5. The van der Waals surface area contributed by atoms with E-state index in [9.17, 15) is 4.39 Å². The van der Waals surface area contributed by atoms with Crippen LogP contribution >= 0.6 is 11.6 Å². The van der Waals surface area contributed by atoms with Crippen molar-refractivity contribution < 1.29 is 4.39 Å². The summed E-state index contributed by atoms with van der Waals surface area (Å²) in [6.45, 7) is 3.12. The highest BCUT2D eigenvalue weighted by molar-refractivity contribution is 6.29. The van der Waals surface area contributed by atoms with Crippen LogP contribution < -0.4 is 0 Å². The molecular weight excluding hydrogens is 203 g/mol. The second kappa shape index (κ2) is 3.83. The van der Waals surface area contributed by atoms with Gasteiger partial charge in [-0.05, 0) is 18.6 Å². The minimum atomic E-state index is -0.655. The molecule has 1 saturated heterocycles. The summed E-state index contributed by atoms with van der Waals surface area (Å²) >= 11 is 5.68. The van der Waals surface area contributed by atoms with Gasteiger partial charge in [-0.25, -0.2) is 9.37 Å². The van der Waals surface area contributed by atoms with Gasteiger partial charge < -0.3 is 0 Å². The van der Waals surface area contributed by atoms with E-state index >= 15 is 0 Å². The maximum atomic E-state index is 12.6. The van der Waals surface area contributed by atoms with Crippen LogP contribution in [0.25, 0.3) is 0 Å². The molecule has 0 N–H and O–H groups in total. The molecule has 0 spiro atoms. The van der Waals surface area contributed by atoms with Crippen LogP contribution in [0, 0.1) is 0 Å². The molecule has 2 rings (SSSR count). The van der Waals surface area contributed by atoms with E-state index in [2.05, 4.69) is 16.8 Å². The summed E-state index contributed by atoms with van der Waals surface area (Å²) in [6, 6.07) is 3.93. The first-order valence-corrected chi connectivity index (χ1v) is 5.04. The van der Waals surface area contributed by atoms with Crippen LogP contribution in [0.5, 0.6) is 0 Å². The zero-order chi connectivity index (χ0) is 10.1. The van der Waals surface area contributed by atoms with E-state index < -0.39 is 6.17 Å². The number of hydrogen-bond donors (Lipinski definition) is 0. The van der Waals surface area contributed by atoms with Gasteiger partial charge in [-0.2, -0.15) is 0 Å². The van der Waals surface area contributed by atoms with E-state index in [-0.39, 0.29) is 6.04 Å². The summed E-state index contributed by atoms with van der Waals surface area (Å²) in [5.74, 6) is 0. The molecule has 14 heavy (non-hydrogen) atoms. The van der Waals surface area contributed by atoms with Crippen LogP contribution in [0.4, 0.5) is 4.39 Å². The SMILES string of the molecule is CC(c1ccc(Cl)nc1)N1CC(F)C1. The third-order valence-electron chi connectivity index (χ3n) is 2.65. The summed E-state index contributed by atoms with van der Waals surface area (Å²) < 4.78 is 12.6. The molecule has 1 fully saturated rings. The smallest absolute Gasteiger partial charge is 0.129 e. The first kappa shape index (κ1) is 9.87. The molecule has 0 amide bonds. The lowest BCUT2D eigenvalue weighted by molar-refractivity contribution is 0.0329. The van der Waals surface area contributed by atoms with E-state index in [4.69, 9.17) is 11.6 Å². The van der Waals surface area contributed by atoms with E-state index in [1.807, 2.05) is 6.07 Å². The molecule has 2 nitrogen and oxygen atoms in total. The number of pyridine rings is 1. The quantitative estimate of drug-likeness (QED) is 0.703. The summed E-state index contributed by atoms with van der Waals surface area (Å²) in [5.41, 5.74) is 1.08. The molecule has 0 aromatic carbocycles. The van der Waals surface area contributed by atoms with Gasteiger partial charge in [-0.15, -0.1) is 0 Å². The second-order valence-electron chi connectivity index (χ2n) is 3.64. The lowest BCUT2D eigenvalue weighted by Gasteiger charge is -2.39. The number of nitrogens with zero attached hydrogens (tertiary/aromatic N) is 2. The summed E-state index contributed by atoms with van der Waals surface area (Å²) in [7, 11) is 0. The lowest BCUT2D eigenvalue weighted by atomic mass is 10.0. The topological polar surface area (TPSA) is 16.1 Å².